The fourth-order valence-corrected chi connectivity index (χ4v) is 14.9. The highest BCUT2D eigenvalue weighted by atomic mass is 33.1. The van der Waals surface area contributed by atoms with Gasteiger partial charge in [-0.3, -0.25) is 52.7 Å². The van der Waals surface area contributed by atoms with Crippen molar-refractivity contribution in [3.63, 3.8) is 0 Å². The van der Waals surface area contributed by atoms with Crippen LogP contribution in [0.1, 0.15) is 60.2 Å². The van der Waals surface area contributed by atoms with Crippen molar-refractivity contribution >= 4 is 137 Å². The molecule has 0 unspecified atom stereocenters. The lowest BCUT2D eigenvalue weighted by molar-refractivity contribution is -0.145. The highest BCUT2D eigenvalue weighted by Crippen LogP contribution is 2.42. The van der Waals surface area contributed by atoms with E-state index in [2.05, 4.69) is 68.8 Å². The van der Waals surface area contributed by atoms with Gasteiger partial charge in [0.05, 0.1) is 37.5 Å². The minimum absolute atomic E-state index is 0.106. The van der Waals surface area contributed by atoms with Crippen LogP contribution in [0.3, 0.4) is 0 Å². The van der Waals surface area contributed by atoms with Crippen LogP contribution in [0, 0.1) is 0 Å². The Morgan fingerprint density at radius 1 is 0.626 bits per heavy atom. The number of benzene rings is 6. The Labute approximate surface area is 669 Å². The lowest BCUT2D eigenvalue weighted by atomic mass is 9.90. The molecular formula is C77H86N14O21S3. The minimum Gasteiger partial charge on any atom is -0.508 e. The zero-order valence-electron chi connectivity index (χ0n) is 61.8. The molecule has 22 N–H and O–H groups in total. The SMILES string of the molecule is C[C@@H](O)[C@H](NC(=O)[C@@H]1CSSC[C@H](NC(=O)[C@@H](Cc2ccccc2)NC(=O)CNC(=O)[C@H](CO)NC(=O)CNC(=S)Nc2ccc(-c3c4ccc(=O)cc-4oc4cc(O)ccc34)c(C(=O)O)c2)C(=O)N[C@@H](Cc2ccc(O)cc2)C(=O)N[C@H](Cc2c[nH]c3ccccc23)C(=O)N[C@@H](CCCCN)C(=O)N[C@H]([C@@H](C)O)C(=O)N1)C(=O)O. The Balaban J connectivity index is 0.941. The Morgan fingerprint density at radius 3 is 1.96 bits per heavy atom. The number of hydrogen-bond donors (Lipinski definition) is 21. The first-order chi connectivity index (χ1) is 55.0. The van der Waals surface area contributed by atoms with Crippen LogP contribution in [0.25, 0.3) is 44.3 Å². The van der Waals surface area contributed by atoms with Gasteiger partial charge in [-0.25, -0.2) is 9.59 Å². The summed E-state index contributed by atoms with van der Waals surface area (Å²) in [6.07, 6.45) is -2.18. The predicted molar refractivity (Wildman–Crippen MR) is 428 cm³/mol. The molecule has 11 atom stereocenters. The van der Waals surface area contributed by atoms with Gasteiger partial charge in [-0.1, -0.05) is 88.3 Å². The topological polar surface area (TPSA) is 563 Å². The van der Waals surface area contributed by atoms with Gasteiger partial charge in [-0.15, -0.1) is 0 Å². The second-order valence-electron chi connectivity index (χ2n) is 26.9. The fourth-order valence-electron chi connectivity index (χ4n) is 12.4. The zero-order valence-corrected chi connectivity index (χ0v) is 64.2. The molecule has 1 saturated heterocycles. The summed E-state index contributed by atoms with van der Waals surface area (Å²) in [5.74, 6) is -14.6. The lowest BCUT2D eigenvalue weighted by Gasteiger charge is -2.29. The quantitative estimate of drug-likeness (QED) is 0.0133. The number of carboxylic acid groups (broad SMARTS) is 2. The Kier molecular flexibility index (Phi) is 31.0. The molecule has 0 bridgehead atoms. The number of carboxylic acids is 2. The number of aromatic carboxylic acids is 1. The Hall–Kier alpha value is -12.2. The van der Waals surface area contributed by atoms with Crippen LogP contribution in [0.5, 0.6) is 11.5 Å². The second-order valence-corrected chi connectivity index (χ2v) is 29.9. The van der Waals surface area contributed by atoms with Crippen molar-refractivity contribution < 1.29 is 97.7 Å². The zero-order chi connectivity index (χ0) is 83.2. The van der Waals surface area contributed by atoms with Gasteiger partial charge in [0.15, 0.2) is 16.6 Å². The highest BCUT2D eigenvalue weighted by molar-refractivity contribution is 8.76. The first-order valence-electron chi connectivity index (χ1n) is 36.1. The molecule has 1 aliphatic carbocycles. The lowest BCUT2D eigenvalue weighted by Crippen LogP contribution is -2.62. The Morgan fingerprint density at radius 2 is 1.27 bits per heavy atom. The van der Waals surface area contributed by atoms with E-state index < -0.39 is 169 Å². The number of nitrogens with one attached hydrogen (secondary N) is 13. The number of phenols is 2. The molecule has 0 saturated carbocycles. The summed E-state index contributed by atoms with van der Waals surface area (Å²) in [5, 5.41) is 104. The van der Waals surface area contributed by atoms with Gasteiger partial charge >= 0.3 is 11.9 Å². The van der Waals surface area contributed by atoms with Gasteiger partial charge in [0, 0.05) is 82.2 Å². The summed E-state index contributed by atoms with van der Waals surface area (Å²) in [5.41, 5.74) is 8.52. The third-order valence-corrected chi connectivity index (χ3v) is 21.0. The number of nitrogens with two attached hydrogens (primary N) is 1. The number of fused-ring (bicyclic) bond motifs is 3. The van der Waals surface area contributed by atoms with E-state index in [0.29, 0.717) is 50.5 Å². The first-order valence-corrected chi connectivity index (χ1v) is 39.0. The van der Waals surface area contributed by atoms with Crippen molar-refractivity contribution in [2.75, 3.05) is 43.1 Å². The van der Waals surface area contributed by atoms with E-state index in [1.807, 2.05) is 0 Å². The number of aromatic hydroxyl groups is 2. The maximum Gasteiger partial charge on any atom is 0.336 e. The van der Waals surface area contributed by atoms with E-state index >= 15 is 9.59 Å². The number of aromatic nitrogens is 1. The van der Waals surface area contributed by atoms with Gasteiger partial charge in [0.1, 0.15) is 71.2 Å². The van der Waals surface area contributed by atoms with Crippen LogP contribution in [-0.4, -0.2) is 221 Å². The summed E-state index contributed by atoms with van der Waals surface area (Å²) in [6.45, 7) is -0.116. The number of carbonyl (C=O) groups excluding carboxylic acids is 10. The number of unbranched alkanes of at least 4 members (excludes halogenated alkanes) is 1. The van der Waals surface area contributed by atoms with E-state index in [0.717, 1.165) is 35.4 Å². The van der Waals surface area contributed by atoms with Crippen molar-refractivity contribution in [1.82, 2.24) is 63.5 Å². The number of para-hydroxylation sites is 1. The number of aliphatic hydroxyl groups excluding tert-OH is 3. The third kappa shape index (κ3) is 24.2. The van der Waals surface area contributed by atoms with Crippen molar-refractivity contribution in [3.8, 4) is 33.9 Å². The summed E-state index contributed by atoms with van der Waals surface area (Å²) in [4.78, 5) is 185. The molecule has 0 radical (unpaired) electrons. The van der Waals surface area contributed by atoms with E-state index in [4.69, 9.17) is 22.4 Å². The maximum absolute atomic E-state index is 15.2. The summed E-state index contributed by atoms with van der Waals surface area (Å²) < 4.78 is 5.91. The fraction of sp³-hybridized carbons (Fsp3) is 0.325. The van der Waals surface area contributed by atoms with Crippen LogP contribution < -0.4 is 75.0 Å². The molecule has 38 heteroatoms. The molecule has 1 fully saturated rings. The number of carbonyl (C=O) groups is 12. The van der Waals surface area contributed by atoms with Crippen LogP contribution in [0.15, 0.2) is 149 Å². The molecule has 1 aromatic heterocycles. The van der Waals surface area contributed by atoms with Gasteiger partial charge in [0.2, 0.25) is 59.1 Å². The number of thiocarbonyl (C=S) groups is 1. The molecule has 115 heavy (non-hydrogen) atoms. The van der Waals surface area contributed by atoms with Crippen LogP contribution in [0.2, 0.25) is 0 Å². The van der Waals surface area contributed by atoms with Crippen molar-refractivity contribution in [2.45, 2.75) is 119 Å². The number of phenolic OH excluding ortho intramolecular Hbond substituents is 2. The summed E-state index contributed by atoms with van der Waals surface area (Å²) in [6, 6.07) is 18.0. The monoisotopic (exact) mass is 1640 g/mol. The van der Waals surface area contributed by atoms with Gasteiger partial charge < -0.3 is 115 Å². The average molecular weight is 1640 g/mol. The van der Waals surface area contributed by atoms with Gasteiger partial charge in [0.25, 0.3) is 0 Å². The maximum atomic E-state index is 15.2. The Bertz CT molecular complexity index is 4930. The van der Waals surface area contributed by atoms with E-state index in [1.54, 1.807) is 60.8 Å². The van der Waals surface area contributed by atoms with E-state index in [1.165, 1.54) is 78.9 Å². The molecule has 608 valence electrons. The summed E-state index contributed by atoms with van der Waals surface area (Å²) in [7, 11) is 1.58. The highest BCUT2D eigenvalue weighted by Gasteiger charge is 2.38. The largest absolute Gasteiger partial charge is 0.508 e. The van der Waals surface area contributed by atoms with Crippen LogP contribution in [0.4, 0.5) is 5.69 Å². The smallest absolute Gasteiger partial charge is 0.336 e. The van der Waals surface area contributed by atoms with E-state index in [-0.39, 0.29) is 88.8 Å². The van der Waals surface area contributed by atoms with Gasteiger partial charge in [-0.05, 0) is 129 Å². The third-order valence-electron chi connectivity index (χ3n) is 18.3. The van der Waals surface area contributed by atoms with Gasteiger partial charge in [-0.2, -0.15) is 0 Å². The van der Waals surface area contributed by atoms with E-state index in [9.17, 15) is 88.5 Å². The standard InChI is InChI=1S/C77H86N14O21S3/c1-38(93)65-74(107)89-59(73(106)91-66(39(2)94)76(110)111)37-115-114-36-58(72(105)86-55(27-41-15-18-44(95)19-16-41)70(103)87-56(28-42-32-79-52-13-7-6-12-47(42)52)71(104)85-53(68(101)90-65)14-8-9-25-78)88-69(102)54(26-40-10-4-3-5-11-40)83-62(98)33-80-67(100)57(35-92)84-63(99)34-81-77(113)82-43-17-22-48(51(29-43)75(108)109)64-49-23-20-45(96)30-60(49)112-61-31-46(97)21-24-50(61)64/h3-7,10-13,15-24,29-32,38-39,53-59,65-66,79,92-96H,8-9,14,25-28,33-37,78H2,1-2H3,(H,80,100)(H,83,98)(H,84,99)(H,85,104)(H,86,105)(H,87,103)(H,88,102)(H,89,107)(H,90,101)(H,91,106)(H,108,109)(H,110,111)(H2,81,82,113)/t38-,39-,53+,54-,55+,56-,57+,58+,59+,65-,66+/m1/s1. The number of aliphatic hydroxyl groups is 3. The molecule has 3 aliphatic rings. The second kappa shape index (κ2) is 41.0. The van der Waals surface area contributed by atoms with Crippen LogP contribution in [-0.2, 0) is 72.0 Å². The molecule has 6 aromatic rings. The van der Waals surface area contributed by atoms with Crippen molar-refractivity contribution in [1.29, 1.82) is 0 Å². The number of H-pyrrole nitrogens is 1. The molecule has 5 aromatic carbocycles. The predicted octanol–water partition coefficient (Wildman–Crippen LogP) is 0.0119. The normalized spacial score (nSPS) is 18.6. The number of rotatable bonds is 28. The molecular weight excluding hydrogens is 1550 g/mol. The summed E-state index contributed by atoms with van der Waals surface area (Å²) >= 11 is 5.41. The molecule has 3 heterocycles. The number of aliphatic carboxylic acids is 1. The molecule has 2 aliphatic heterocycles. The first kappa shape index (κ1) is 86.8. The number of hydrogen-bond acceptors (Lipinski definition) is 23. The minimum atomic E-state index is -1.93. The molecule has 0 spiro atoms. The average Bonchev–Trinajstić information content (AvgIpc) is 1.10. The number of anilines is 1. The van der Waals surface area contributed by atoms with Crippen molar-refractivity contribution in [2.24, 2.45) is 5.73 Å². The number of amides is 10. The van der Waals surface area contributed by atoms with Crippen molar-refractivity contribution in [3.05, 3.63) is 172 Å². The molecule has 10 amide bonds. The molecule has 9 rings (SSSR count). The molecule has 35 nitrogen and oxygen atoms in total. The van der Waals surface area contributed by atoms with Crippen LogP contribution >= 0.6 is 33.8 Å². The number of aromatic amines is 1.